The molecule has 0 heterocycles. The normalized spacial score (nSPS) is 12.4. The van der Waals surface area contributed by atoms with E-state index >= 15 is 0 Å². The molecule has 7 nitrogen and oxygen atoms in total. The van der Waals surface area contributed by atoms with Gasteiger partial charge in [-0.1, -0.05) is 38.1 Å². The second-order valence-corrected chi connectivity index (χ2v) is 8.66. The topological polar surface area (TPSA) is 87.7 Å². The predicted octanol–water partition coefficient (Wildman–Crippen LogP) is 2.97. The minimum absolute atomic E-state index is 0.0371. The van der Waals surface area contributed by atoms with E-state index < -0.39 is 10.0 Å². The van der Waals surface area contributed by atoms with E-state index in [1.807, 2.05) is 24.3 Å². The Balaban J connectivity index is 2.21. The number of ether oxygens (including phenoxy) is 1. The fourth-order valence-corrected chi connectivity index (χ4v) is 4.36. The van der Waals surface area contributed by atoms with Gasteiger partial charge in [0.05, 0.1) is 18.0 Å². The van der Waals surface area contributed by atoms with Crippen LogP contribution in [-0.4, -0.2) is 52.5 Å². The zero-order valence-corrected chi connectivity index (χ0v) is 19.1. The van der Waals surface area contributed by atoms with Gasteiger partial charge in [0.1, 0.15) is 5.75 Å². The van der Waals surface area contributed by atoms with Crippen molar-refractivity contribution >= 4 is 15.9 Å². The van der Waals surface area contributed by atoms with Crippen molar-refractivity contribution in [1.82, 2.24) is 14.9 Å². The van der Waals surface area contributed by atoms with E-state index in [2.05, 4.69) is 35.4 Å². The molecular formula is C23H31N3O4S. The van der Waals surface area contributed by atoms with E-state index in [0.29, 0.717) is 6.54 Å². The molecule has 0 unspecified atom stereocenters. The van der Waals surface area contributed by atoms with Crippen LogP contribution in [0.25, 0.3) is 0 Å². The molecular weight excluding hydrogens is 414 g/mol. The van der Waals surface area contributed by atoms with Crippen LogP contribution in [0.4, 0.5) is 0 Å². The Morgan fingerprint density at radius 3 is 2.52 bits per heavy atom. The van der Waals surface area contributed by atoms with Gasteiger partial charge in [0, 0.05) is 18.7 Å². The Hall–Kier alpha value is -2.68. The van der Waals surface area contributed by atoms with Gasteiger partial charge in [0.25, 0.3) is 5.91 Å². The van der Waals surface area contributed by atoms with Gasteiger partial charge in [-0.2, -0.15) is 0 Å². The maximum Gasteiger partial charge on any atom is 0.251 e. The minimum Gasteiger partial charge on any atom is -0.497 e. The van der Waals surface area contributed by atoms with Crippen LogP contribution >= 0.6 is 0 Å². The van der Waals surface area contributed by atoms with Crippen molar-refractivity contribution < 1.29 is 17.9 Å². The number of nitrogens with one attached hydrogen (secondary N) is 2. The van der Waals surface area contributed by atoms with Crippen LogP contribution in [0.3, 0.4) is 0 Å². The van der Waals surface area contributed by atoms with Crippen LogP contribution in [-0.2, 0) is 10.0 Å². The van der Waals surface area contributed by atoms with E-state index in [9.17, 15) is 13.2 Å². The number of nitrogens with zero attached hydrogens (tertiary/aromatic N) is 1. The summed E-state index contributed by atoms with van der Waals surface area (Å²) in [5.41, 5.74) is 1.32. The first-order valence-electron chi connectivity index (χ1n) is 10.2. The molecule has 0 aliphatic rings. The lowest BCUT2D eigenvalue weighted by Gasteiger charge is -2.30. The Labute approximate surface area is 185 Å². The number of hydrogen-bond donors (Lipinski definition) is 2. The Bertz CT molecular complexity index is 988. The van der Waals surface area contributed by atoms with Crippen LogP contribution in [0.15, 0.2) is 66.1 Å². The lowest BCUT2D eigenvalue weighted by atomic mass is 10.0. The minimum atomic E-state index is -3.71. The third kappa shape index (κ3) is 6.65. The van der Waals surface area contributed by atoms with Gasteiger partial charge >= 0.3 is 0 Å². The average Bonchev–Trinajstić information content (AvgIpc) is 2.80. The molecule has 0 aliphatic carbocycles. The largest absolute Gasteiger partial charge is 0.497 e. The number of rotatable bonds is 12. The summed E-state index contributed by atoms with van der Waals surface area (Å²) in [6.45, 7) is 9.77. The van der Waals surface area contributed by atoms with Gasteiger partial charge < -0.3 is 10.1 Å². The number of carbonyl (C=O) groups excluding carboxylic acids is 1. The molecule has 8 heteroatoms. The average molecular weight is 446 g/mol. The molecule has 168 valence electrons. The van der Waals surface area contributed by atoms with Gasteiger partial charge in [-0.3, -0.25) is 9.69 Å². The van der Waals surface area contributed by atoms with E-state index in [1.54, 1.807) is 19.2 Å². The van der Waals surface area contributed by atoms with Crippen molar-refractivity contribution in [3.8, 4) is 5.75 Å². The lowest BCUT2D eigenvalue weighted by Crippen LogP contribution is -2.38. The second kappa shape index (κ2) is 11.6. The van der Waals surface area contributed by atoms with Crippen LogP contribution in [0, 0.1) is 0 Å². The SMILES string of the molecule is C=CCNS(=O)(=O)c1cccc(C(=O)NC[C@@H](c2cccc(OC)c2)N(CC)CC)c1. The van der Waals surface area contributed by atoms with Crippen molar-refractivity contribution in [3.05, 3.63) is 72.3 Å². The van der Waals surface area contributed by atoms with Crippen LogP contribution in [0.5, 0.6) is 5.75 Å². The molecule has 0 fully saturated rings. The van der Waals surface area contributed by atoms with Gasteiger partial charge in [-0.05, 0) is 49.0 Å². The summed E-state index contributed by atoms with van der Waals surface area (Å²) in [6, 6.07) is 13.7. The first kappa shape index (κ1) is 24.6. The highest BCUT2D eigenvalue weighted by atomic mass is 32.2. The number of benzene rings is 2. The number of amides is 1. The van der Waals surface area contributed by atoms with Crippen molar-refractivity contribution in [2.75, 3.05) is 33.3 Å². The number of hydrogen-bond acceptors (Lipinski definition) is 5. The highest BCUT2D eigenvalue weighted by Crippen LogP contribution is 2.24. The van der Waals surface area contributed by atoms with Crippen LogP contribution < -0.4 is 14.8 Å². The summed E-state index contributed by atoms with van der Waals surface area (Å²) in [6.07, 6.45) is 1.46. The molecule has 0 spiro atoms. The molecule has 0 saturated carbocycles. The zero-order valence-electron chi connectivity index (χ0n) is 18.3. The molecule has 2 aromatic rings. The van der Waals surface area contributed by atoms with Crippen molar-refractivity contribution in [1.29, 1.82) is 0 Å². The quantitative estimate of drug-likeness (QED) is 0.491. The molecule has 2 aromatic carbocycles. The van der Waals surface area contributed by atoms with Crippen LogP contribution in [0.1, 0.15) is 35.8 Å². The fraction of sp³-hybridized carbons (Fsp3) is 0.348. The summed E-state index contributed by atoms with van der Waals surface area (Å²) in [5, 5.41) is 2.95. The lowest BCUT2D eigenvalue weighted by molar-refractivity contribution is 0.0934. The van der Waals surface area contributed by atoms with Crippen molar-refractivity contribution in [2.45, 2.75) is 24.8 Å². The number of carbonyl (C=O) groups is 1. The summed E-state index contributed by atoms with van der Waals surface area (Å²) in [4.78, 5) is 15.1. The molecule has 2 N–H and O–H groups in total. The molecule has 0 bridgehead atoms. The molecule has 31 heavy (non-hydrogen) atoms. The first-order valence-corrected chi connectivity index (χ1v) is 11.7. The maximum absolute atomic E-state index is 12.8. The number of likely N-dealkylation sites (N-methyl/N-ethyl adjacent to an activating group) is 1. The standard InChI is InChI=1S/C23H31N3O4S/c1-5-14-25-31(28,29)21-13-9-11-19(16-21)23(27)24-17-22(26(6-2)7-3)18-10-8-12-20(15-18)30-4/h5,8-13,15-16,22,25H,1,6-7,14,17H2,2-4H3,(H,24,27)/t22-/m0/s1. The van der Waals surface area contributed by atoms with Gasteiger partial charge in [-0.15, -0.1) is 6.58 Å². The van der Waals surface area contributed by atoms with E-state index in [1.165, 1.54) is 18.2 Å². The molecule has 0 aliphatic heterocycles. The van der Waals surface area contributed by atoms with Crippen LogP contribution in [0.2, 0.25) is 0 Å². The third-order valence-corrected chi connectivity index (χ3v) is 6.43. The van der Waals surface area contributed by atoms with Gasteiger partial charge in [0.2, 0.25) is 10.0 Å². The van der Waals surface area contributed by atoms with Crippen molar-refractivity contribution in [2.24, 2.45) is 0 Å². The van der Waals surface area contributed by atoms with Gasteiger partial charge in [-0.25, -0.2) is 13.1 Å². The second-order valence-electron chi connectivity index (χ2n) is 6.89. The zero-order chi connectivity index (χ0) is 22.9. The Morgan fingerprint density at radius 1 is 1.16 bits per heavy atom. The molecule has 1 amide bonds. The molecule has 1 atom stereocenters. The molecule has 0 radical (unpaired) electrons. The summed E-state index contributed by atoms with van der Waals surface area (Å²) >= 11 is 0. The van der Waals surface area contributed by atoms with E-state index in [4.69, 9.17) is 4.74 Å². The molecule has 0 aromatic heterocycles. The monoisotopic (exact) mass is 445 g/mol. The smallest absolute Gasteiger partial charge is 0.251 e. The highest BCUT2D eigenvalue weighted by molar-refractivity contribution is 7.89. The van der Waals surface area contributed by atoms with Gasteiger partial charge in [0.15, 0.2) is 0 Å². The third-order valence-electron chi connectivity index (χ3n) is 5.01. The predicted molar refractivity (Wildman–Crippen MR) is 123 cm³/mol. The summed E-state index contributed by atoms with van der Waals surface area (Å²) in [7, 11) is -2.08. The number of sulfonamides is 1. The Morgan fingerprint density at radius 2 is 1.87 bits per heavy atom. The maximum atomic E-state index is 12.8. The number of methoxy groups -OCH3 is 1. The first-order chi connectivity index (χ1) is 14.9. The van der Waals surface area contributed by atoms with E-state index in [0.717, 1.165) is 24.4 Å². The van der Waals surface area contributed by atoms with Crippen molar-refractivity contribution in [3.63, 3.8) is 0 Å². The van der Waals surface area contributed by atoms with E-state index in [-0.39, 0.29) is 29.0 Å². The molecule has 2 rings (SSSR count). The Kier molecular flexibility index (Phi) is 9.23. The summed E-state index contributed by atoms with van der Waals surface area (Å²) in [5.74, 6) is 0.423. The summed E-state index contributed by atoms with van der Waals surface area (Å²) < 4.78 is 32.4. The molecule has 0 saturated heterocycles. The fourth-order valence-electron chi connectivity index (χ4n) is 3.32. The highest BCUT2D eigenvalue weighted by Gasteiger charge is 2.21.